The third-order valence-electron chi connectivity index (χ3n) is 5.56. The average Bonchev–Trinajstić information content (AvgIpc) is 3.40. The van der Waals surface area contributed by atoms with E-state index in [4.69, 9.17) is 4.74 Å². The van der Waals surface area contributed by atoms with E-state index >= 15 is 0 Å². The summed E-state index contributed by atoms with van der Waals surface area (Å²) < 4.78 is 76.0. The lowest BCUT2D eigenvalue weighted by Gasteiger charge is -2.33. The first-order valence-corrected chi connectivity index (χ1v) is 11.0. The number of hydrogen-bond acceptors (Lipinski definition) is 8. The standard InChI is InChI=1S/C20H21F5N4O3S/c1-26-15-17(31-9-29-5-10-2-3-11(6-29)28-10)12(14-7-33-8-27-14)4-13(16(30)19(21)22)18(15)32-20(23,24)25/h4,7-8,10-11,16,19,28,30H,1-3,5-6,9H2. The molecule has 2 aliphatic rings. The number of fused-ring (bicyclic) bond motifs is 2. The van der Waals surface area contributed by atoms with Crippen molar-refractivity contribution in [3.05, 3.63) is 22.5 Å². The molecule has 4 rings (SSSR count). The number of aliphatic hydroxyl groups is 1. The summed E-state index contributed by atoms with van der Waals surface area (Å²) in [4.78, 5) is 9.75. The van der Waals surface area contributed by atoms with Crippen LogP contribution in [-0.4, -0.2) is 66.4 Å². The van der Waals surface area contributed by atoms with Gasteiger partial charge in [-0.1, -0.05) is 0 Å². The van der Waals surface area contributed by atoms with Crippen molar-refractivity contribution in [3.8, 4) is 22.8 Å². The van der Waals surface area contributed by atoms with Crippen LogP contribution in [0.5, 0.6) is 11.5 Å². The van der Waals surface area contributed by atoms with Gasteiger partial charge < -0.3 is 19.9 Å². The molecule has 0 aliphatic carbocycles. The lowest BCUT2D eigenvalue weighted by Crippen LogP contribution is -2.51. The molecule has 3 heterocycles. The molecule has 3 atom stereocenters. The van der Waals surface area contributed by atoms with Gasteiger partial charge in [0.05, 0.1) is 11.2 Å². The smallest absolute Gasteiger partial charge is 0.475 e. The van der Waals surface area contributed by atoms with Gasteiger partial charge in [0, 0.05) is 41.7 Å². The number of aliphatic imine (C=N–C) groups is 1. The summed E-state index contributed by atoms with van der Waals surface area (Å²) in [5, 5.41) is 15.0. The summed E-state index contributed by atoms with van der Waals surface area (Å²) in [6.45, 7) is 4.69. The largest absolute Gasteiger partial charge is 0.573 e. The van der Waals surface area contributed by atoms with E-state index in [1.165, 1.54) is 16.8 Å². The molecule has 2 saturated heterocycles. The number of ether oxygens (including phenoxy) is 2. The second kappa shape index (κ2) is 9.49. The Hall–Kier alpha value is -2.35. The van der Waals surface area contributed by atoms with Crippen LogP contribution in [0.3, 0.4) is 0 Å². The van der Waals surface area contributed by atoms with Gasteiger partial charge in [0.2, 0.25) is 0 Å². The Labute approximate surface area is 189 Å². The first-order chi connectivity index (χ1) is 15.7. The maximum Gasteiger partial charge on any atom is 0.573 e. The number of piperazine rings is 1. The van der Waals surface area contributed by atoms with Crippen molar-refractivity contribution < 1.29 is 36.5 Å². The van der Waals surface area contributed by atoms with Crippen LogP contribution in [-0.2, 0) is 0 Å². The highest BCUT2D eigenvalue weighted by Gasteiger charge is 2.38. The molecule has 2 aromatic rings. The minimum atomic E-state index is -5.23. The highest BCUT2D eigenvalue weighted by atomic mass is 32.1. The fourth-order valence-electron chi connectivity index (χ4n) is 4.21. The second-order valence-corrected chi connectivity index (χ2v) is 8.55. The minimum Gasteiger partial charge on any atom is -0.475 e. The monoisotopic (exact) mass is 492 g/mol. The molecule has 2 N–H and O–H groups in total. The van der Waals surface area contributed by atoms with E-state index < -0.39 is 35.9 Å². The van der Waals surface area contributed by atoms with Gasteiger partial charge >= 0.3 is 6.36 Å². The number of benzene rings is 1. The Balaban J connectivity index is 1.78. The SMILES string of the molecule is C=Nc1c(OCN2CC3CCC(C2)N3)c(-c2cscn2)cc(C(O)C(F)F)c1OC(F)(F)F. The highest BCUT2D eigenvalue weighted by molar-refractivity contribution is 7.07. The number of alkyl halides is 5. The maximum atomic E-state index is 13.3. The van der Waals surface area contributed by atoms with Crippen molar-refractivity contribution in [3.63, 3.8) is 0 Å². The summed E-state index contributed by atoms with van der Waals surface area (Å²) in [6, 6.07) is 1.57. The summed E-state index contributed by atoms with van der Waals surface area (Å²) >= 11 is 1.19. The predicted molar refractivity (Wildman–Crippen MR) is 111 cm³/mol. The van der Waals surface area contributed by atoms with Gasteiger partial charge in [0.25, 0.3) is 6.43 Å². The molecule has 7 nitrogen and oxygen atoms in total. The van der Waals surface area contributed by atoms with Crippen molar-refractivity contribution >= 4 is 23.7 Å². The molecule has 1 aromatic carbocycles. The average molecular weight is 492 g/mol. The number of nitrogens with one attached hydrogen (secondary N) is 1. The zero-order chi connectivity index (χ0) is 23.8. The van der Waals surface area contributed by atoms with E-state index in [-0.39, 0.29) is 23.7 Å². The minimum absolute atomic E-state index is 0.0243. The topological polar surface area (TPSA) is 79.2 Å². The molecule has 0 spiro atoms. The molecule has 2 bridgehead atoms. The number of likely N-dealkylation sites (tertiary alicyclic amines) is 1. The van der Waals surface area contributed by atoms with Gasteiger partial charge in [-0.3, -0.25) is 9.89 Å². The molecule has 0 saturated carbocycles. The van der Waals surface area contributed by atoms with Crippen LogP contribution in [0.4, 0.5) is 27.6 Å². The van der Waals surface area contributed by atoms with Crippen LogP contribution in [0.15, 0.2) is 21.9 Å². The van der Waals surface area contributed by atoms with Gasteiger partial charge in [0.15, 0.2) is 11.5 Å². The lowest BCUT2D eigenvalue weighted by atomic mass is 10.00. The zero-order valence-corrected chi connectivity index (χ0v) is 18.0. The number of rotatable bonds is 8. The third-order valence-corrected chi connectivity index (χ3v) is 6.15. The fraction of sp³-hybridized carbons (Fsp3) is 0.500. The number of nitrogens with zero attached hydrogens (tertiary/aromatic N) is 3. The molecule has 0 amide bonds. The van der Waals surface area contributed by atoms with Crippen molar-refractivity contribution in [2.24, 2.45) is 4.99 Å². The van der Waals surface area contributed by atoms with E-state index in [1.54, 1.807) is 5.38 Å². The Kier molecular flexibility index (Phi) is 6.84. The van der Waals surface area contributed by atoms with Crippen LogP contribution in [0.25, 0.3) is 11.3 Å². The Morgan fingerprint density at radius 2 is 1.97 bits per heavy atom. The van der Waals surface area contributed by atoms with Crippen molar-refractivity contribution in [1.29, 1.82) is 0 Å². The van der Waals surface area contributed by atoms with Gasteiger partial charge in [-0.2, -0.15) is 0 Å². The van der Waals surface area contributed by atoms with Gasteiger partial charge in [-0.25, -0.2) is 13.8 Å². The van der Waals surface area contributed by atoms with E-state index in [0.29, 0.717) is 25.2 Å². The summed E-state index contributed by atoms with van der Waals surface area (Å²) in [7, 11) is 0. The summed E-state index contributed by atoms with van der Waals surface area (Å²) in [5.74, 6) is -1.23. The quantitative estimate of drug-likeness (QED) is 0.427. The van der Waals surface area contributed by atoms with Crippen LogP contribution in [0.1, 0.15) is 24.5 Å². The normalized spacial score (nSPS) is 21.9. The van der Waals surface area contributed by atoms with E-state index in [0.717, 1.165) is 18.9 Å². The van der Waals surface area contributed by atoms with Crippen molar-refractivity contribution in [2.45, 2.75) is 43.8 Å². The first kappa shape index (κ1) is 23.8. The number of aliphatic hydroxyl groups excluding tert-OH is 1. The highest BCUT2D eigenvalue weighted by Crippen LogP contribution is 2.50. The van der Waals surface area contributed by atoms with Crippen LogP contribution < -0.4 is 14.8 Å². The maximum absolute atomic E-state index is 13.3. The predicted octanol–water partition coefficient (Wildman–Crippen LogP) is 4.11. The van der Waals surface area contributed by atoms with E-state index in [1.807, 2.05) is 4.90 Å². The molecule has 1 aromatic heterocycles. The van der Waals surface area contributed by atoms with E-state index in [9.17, 15) is 27.1 Å². The van der Waals surface area contributed by atoms with Crippen LogP contribution >= 0.6 is 11.3 Å². The third kappa shape index (κ3) is 5.26. The van der Waals surface area contributed by atoms with Crippen LogP contribution in [0.2, 0.25) is 0 Å². The molecule has 33 heavy (non-hydrogen) atoms. The Bertz CT molecular complexity index is 977. The number of halogens is 5. The number of aromatic nitrogens is 1. The summed E-state index contributed by atoms with van der Waals surface area (Å²) in [5.41, 5.74) is 0.505. The molecule has 180 valence electrons. The second-order valence-electron chi connectivity index (χ2n) is 7.83. The molecule has 3 unspecified atom stereocenters. The molecule has 13 heteroatoms. The first-order valence-electron chi connectivity index (χ1n) is 10.1. The molecule has 0 radical (unpaired) electrons. The Morgan fingerprint density at radius 1 is 1.27 bits per heavy atom. The molecule has 2 fully saturated rings. The van der Waals surface area contributed by atoms with Crippen molar-refractivity contribution in [2.75, 3.05) is 19.8 Å². The zero-order valence-electron chi connectivity index (χ0n) is 17.2. The molecule has 2 aliphatic heterocycles. The van der Waals surface area contributed by atoms with Gasteiger partial charge in [-0.05, 0) is 25.6 Å². The van der Waals surface area contributed by atoms with Gasteiger partial charge in [-0.15, -0.1) is 24.5 Å². The van der Waals surface area contributed by atoms with Crippen molar-refractivity contribution in [1.82, 2.24) is 15.2 Å². The lowest BCUT2D eigenvalue weighted by molar-refractivity contribution is -0.275. The van der Waals surface area contributed by atoms with Gasteiger partial charge in [0.1, 0.15) is 18.5 Å². The van der Waals surface area contributed by atoms with Crippen LogP contribution in [0, 0.1) is 0 Å². The molecular formula is C20H21F5N4O3S. The Morgan fingerprint density at radius 3 is 2.52 bits per heavy atom. The van der Waals surface area contributed by atoms with E-state index in [2.05, 4.69) is 26.7 Å². The number of thiazole rings is 1. The number of hydrogen-bond donors (Lipinski definition) is 2. The fourth-order valence-corrected chi connectivity index (χ4v) is 4.76. The summed E-state index contributed by atoms with van der Waals surface area (Å²) in [6.07, 6.45) is -9.11. The molecular weight excluding hydrogens is 471 g/mol.